The van der Waals surface area contributed by atoms with E-state index in [4.69, 9.17) is 0 Å². The molecule has 1 saturated carbocycles. The minimum atomic E-state index is -0.271. The highest BCUT2D eigenvalue weighted by molar-refractivity contribution is 7.21. The SMILES string of the molecule is O=C(N[C@@H]1CCCNC1)c1sc2nccc3c2c1NC(=O)N3c1ccnc(C2CCCCC2)c1. The number of hydrogen-bond donors (Lipinski definition) is 3. The van der Waals surface area contributed by atoms with Crippen molar-refractivity contribution in [3.05, 3.63) is 41.2 Å². The molecule has 3 aromatic heterocycles. The second kappa shape index (κ2) is 8.96. The van der Waals surface area contributed by atoms with Crippen LogP contribution in [0.2, 0.25) is 0 Å². The maximum Gasteiger partial charge on any atom is 0.331 e. The molecule has 1 atom stereocenters. The average Bonchev–Trinajstić information content (AvgIpc) is 3.25. The third kappa shape index (κ3) is 3.82. The maximum atomic E-state index is 13.4. The van der Waals surface area contributed by atoms with E-state index in [1.165, 1.54) is 30.6 Å². The molecule has 3 N–H and O–H groups in total. The first-order chi connectivity index (χ1) is 16.7. The van der Waals surface area contributed by atoms with Crippen molar-refractivity contribution in [2.24, 2.45) is 0 Å². The molecular weight excluding hydrogens is 448 g/mol. The van der Waals surface area contributed by atoms with Gasteiger partial charge in [0.15, 0.2) is 0 Å². The van der Waals surface area contributed by atoms with Gasteiger partial charge in [-0.05, 0) is 50.4 Å². The number of hydrogen-bond acceptors (Lipinski definition) is 6. The standard InChI is InChI=1S/C25H28N6O2S/c32-23(29-16-7-4-10-26-14-16)22-21-20-19(9-12-28-24(20)34-22)31(25(33)30-21)17-8-11-27-18(13-17)15-5-2-1-3-6-15/h8-9,11-13,15-16,26H,1-7,10,14H2,(H,29,32)(H,30,33)/t16-/m1/s1. The number of rotatable bonds is 4. The van der Waals surface area contributed by atoms with Crippen LogP contribution in [0.1, 0.15) is 66.2 Å². The molecule has 0 radical (unpaired) electrons. The van der Waals surface area contributed by atoms with Crippen molar-refractivity contribution in [3.63, 3.8) is 0 Å². The van der Waals surface area contributed by atoms with Crippen molar-refractivity contribution in [2.75, 3.05) is 23.3 Å². The van der Waals surface area contributed by atoms with Gasteiger partial charge in [0.05, 0.1) is 22.4 Å². The molecular formula is C25H28N6O2S. The number of nitrogens with one attached hydrogen (secondary N) is 3. The van der Waals surface area contributed by atoms with Crippen LogP contribution in [-0.4, -0.2) is 41.0 Å². The molecule has 3 aliphatic rings. The van der Waals surface area contributed by atoms with Gasteiger partial charge in [-0.2, -0.15) is 0 Å². The first-order valence-electron chi connectivity index (χ1n) is 12.2. The van der Waals surface area contributed by atoms with Gasteiger partial charge < -0.3 is 16.0 Å². The fourth-order valence-corrected chi connectivity index (χ4v) is 6.45. The van der Waals surface area contributed by atoms with E-state index in [1.54, 1.807) is 17.3 Å². The molecule has 8 nitrogen and oxygen atoms in total. The van der Waals surface area contributed by atoms with E-state index in [-0.39, 0.29) is 18.0 Å². The Morgan fingerprint density at radius 2 is 1.94 bits per heavy atom. The molecule has 2 aliphatic heterocycles. The Bertz CT molecular complexity index is 1250. The number of carbonyl (C=O) groups is 2. The summed E-state index contributed by atoms with van der Waals surface area (Å²) in [4.78, 5) is 38.6. The summed E-state index contributed by atoms with van der Waals surface area (Å²) in [6.07, 6.45) is 11.5. The number of nitrogens with zero attached hydrogens (tertiary/aromatic N) is 3. The quantitative estimate of drug-likeness (QED) is 0.497. The van der Waals surface area contributed by atoms with Gasteiger partial charge in [0.1, 0.15) is 9.71 Å². The average molecular weight is 477 g/mol. The molecule has 1 saturated heterocycles. The van der Waals surface area contributed by atoms with Crippen molar-refractivity contribution in [1.29, 1.82) is 0 Å². The lowest BCUT2D eigenvalue weighted by Gasteiger charge is -2.29. The van der Waals surface area contributed by atoms with Crippen LogP contribution in [-0.2, 0) is 0 Å². The zero-order valence-electron chi connectivity index (χ0n) is 19.0. The van der Waals surface area contributed by atoms with Crippen LogP contribution in [0.4, 0.5) is 21.9 Å². The lowest BCUT2D eigenvalue weighted by molar-refractivity contribution is 0.0935. The summed E-state index contributed by atoms with van der Waals surface area (Å²) in [7, 11) is 0. The van der Waals surface area contributed by atoms with Crippen LogP contribution in [0.15, 0.2) is 30.6 Å². The smallest absolute Gasteiger partial charge is 0.331 e. The van der Waals surface area contributed by atoms with Gasteiger partial charge in [0, 0.05) is 36.6 Å². The predicted molar refractivity (Wildman–Crippen MR) is 134 cm³/mol. The summed E-state index contributed by atoms with van der Waals surface area (Å²) in [6, 6.07) is 5.59. The minimum absolute atomic E-state index is 0.0944. The molecule has 9 heteroatoms. The molecule has 0 aromatic carbocycles. The lowest BCUT2D eigenvalue weighted by atomic mass is 9.86. The zero-order valence-corrected chi connectivity index (χ0v) is 19.8. The molecule has 2 fully saturated rings. The van der Waals surface area contributed by atoms with Crippen LogP contribution < -0.4 is 20.9 Å². The van der Waals surface area contributed by atoms with Crippen molar-refractivity contribution in [2.45, 2.75) is 56.9 Å². The molecule has 3 aromatic rings. The topological polar surface area (TPSA) is 99.2 Å². The normalized spacial score (nSPS) is 20.9. The van der Waals surface area contributed by atoms with Gasteiger partial charge in [0.2, 0.25) is 0 Å². The molecule has 176 valence electrons. The lowest BCUT2D eigenvalue weighted by Crippen LogP contribution is -2.45. The summed E-state index contributed by atoms with van der Waals surface area (Å²) >= 11 is 1.33. The van der Waals surface area contributed by atoms with Gasteiger partial charge in [0.25, 0.3) is 5.91 Å². The Hall–Kier alpha value is -3.04. The highest BCUT2D eigenvalue weighted by Gasteiger charge is 2.33. The summed E-state index contributed by atoms with van der Waals surface area (Å²) in [6.45, 7) is 1.75. The Balaban J connectivity index is 1.36. The third-order valence-electron chi connectivity index (χ3n) is 7.13. The summed E-state index contributed by atoms with van der Waals surface area (Å²) in [5.74, 6) is 0.287. The van der Waals surface area contributed by atoms with Gasteiger partial charge in [-0.3, -0.25) is 14.7 Å². The molecule has 34 heavy (non-hydrogen) atoms. The van der Waals surface area contributed by atoms with E-state index in [0.29, 0.717) is 16.5 Å². The number of urea groups is 1. The number of piperidine rings is 1. The number of aromatic nitrogens is 2. The largest absolute Gasteiger partial charge is 0.347 e. The minimum Gasteiger partial charge on any atom is -0.347 e. The van der Waals surface area contributed by atoms with Crippen molar-refractivity contribution < 1.29 is 9.59 Å². The van der Waals surface area contributed by atoms with E-state index in [9.17, 15) is 9.59 Å². The monoisotopic (exact) mass is 476 g/mol. The van der Waals surface area contributed by atoms with Gasteiger partial charge >= 0.3 is 6.03 Å². The molecule has 0 spiro atoms. The second-order valence-electron chi connectivity index (χ2n) is 9.37. The van der Waals surface area contributed by atoms with Gasteiger partial charge in [-0.1, -0.05) is 19.3 Å². The van der Waals surface area contributed by atoms with Crippen LogP contribution in [0.25, 0.3) is 10.2 Å². The summed E-state index contributed by atoms with van der Waals surface area (Å²) in [5, 5.41) is 10.3. The number of thiophene rings is 1. The van der Waals surface area contributed by atoms with E-state index in [0.717, 1.165) is 66.1 Å². The highest BCUT2D eigenvalue weighted by atomic mass is 32.1. The van der Waals surface area contributed by atoms with E-state index >= 15 is 0 Å². The van der Waals surface area contributed by atoms with Crippen molar-refractivity contribution in [3.8, 4) is 0 Å². The maximum absolute atomic E-state index is 13.4. The Morgan fingerprint density at radius 1 is 1.09 bits per heavy atom. The predicted octanol–water partition coefficient (Wildman–Crippen LogP) is 4.90. The van der Waals surface area contributed by atoms with Crippen molar-refractivity contribution >= 4 is 50.6 Å². The van der Waals surface area contributed by atoms with Crippen LogP contribution in [0.3, 0.4) is 0 Å². The first kappa shape index (κ1) is 21.5. The number of pyridine rings is 2. The van der Waals surface area contributed by atoms with Crippen LogP contribution in [0, 0.1) is 0 Å². The number of carbonyl (C=O) groups excluding carboxylic acids is 2. The number of amides is 3. The highest BCUT2D eigenvalue weighted by Crippen LogP contribution is 2.46. The molecule has 0 unspecified atom stereocenters. The van der Waals surface area contributed by atoms with E-state index < -0.39 is 0 Å². The second-order valence-corrected chi connectivity index (χ2v) is 10.4. The van der Waals surface area contributed by atoms with E-state index in [1.807, 2.05) is 18.2 Å². The molecule has 0 bridgehead atoms. The Morgan fingerprint density at radius 3 is 2.76 bits per heavy atom. The Labute approximate surface area is 202 Å². The first-order valence-corrected chi connectivity index (χ1v) is 13.0. The van der Waals surface area contributed by atoms with Crippen LogP contribution >= 0.6 is 11.3 Å². The fraction of sp³-hybridized carbons (Fsp3) is 0.440. The van der Waals surface area contributed by atoms with Crippen LogP contribution in [0.5, 0.6) is 0 Å². The summed E-state index contributed by atoms with van der Waals surface area (Å²) in [5.41, 5.74) is 3.15. The van der Waals surface area contributed by atoms with Gasteiger partial charge in [-0.15, -0.1) is 11.3 Å². The third-order valence-corrected chi connectivity index (χ3v) is 8.23. The number of anilines is 3. The molecule has 3 amide bonds. The molecule has 1 aliphatic carbocycles. The van der Waals surface area contributed by atoms with Crippen molar-refractivity contribution in [1.82, 2.24) is 20.6 Å². The molecule has 5 heterocycles. The van der Waals surface area contributed by atoms with E-state index in [2.05, 4.69) is 25.9 Å². The molecule has 6 rings (SSSR count). The summed E-state index contributed by atoms with van der Waals surface area (Å²) < 4.78 is 0. The zero-order chi connectivity index (χ0) is 23.1. The Kier molecular flexibility index (Phi) is 5.66. The van der Waals surface area contributed by atoms with Gasteiger partial charge in [-0.25, -0.2) is 9.78 Å². The fourth-order valence-electron chi connectivity index (χ4n) is 5.42.